The normalized spacial score (nSPS) is 35.6. The van der Waals surface area contributed by atoms with Gasteiger partial charge in [0.15, 0.2) is 0 Å². The van der Waals surface area contributed by atoms with Crippen molar-refractivity contribution in [1.82, 2.24) is 0 Å². The van der Waals surface area contributed by atoms with Gasteiger partial charge in [-0.2, -0.15) is 0 Å². The predicted molar refractivity (Wildman–Crippen MR) is 124 cm³/mol. The predicted octanol–water partition coefficient (Wildman–Crippen LogP) is 3.92. The second kappa shape index (κ2) is 10.6. The van der Waals surface area contributed by atoms with Crippen LogP contribution in [0.5, 0.6) is 0 Å². The van der Waals surface area contributed by atoms with E-state index < -0.39 is 11.9 Å². The number of carbonyl (C=O) groups is 2. The van der Waals surface area contributed by atoms with Crippen molar-refractivity contribution in [3.63, 3.8) is 0 Å². The number of aliphatic carboxylic acids is 1. The van der Waals surface area contributed by atoms with Gasteiger partial charge in [0.1, 0.15) is 23.4 Å². The molecule has 0 aromatic carbocycles. The van der Waals surface area contributed by atoms with E-state index in [1.807, 2.05) is 0 Å². The maximum absolute atomic E-state index is 12.4. The molecular formula is C26H34O7. The average Bonchev–Trinajstić information content (AvgIpc) is 3.67. The smallest absolute Gasteiger partial charge is 0.331 e. The summed E-state index contributed by atoms with van der Waals surface area (Å²) in [5.41, 5.74) is 0.642. The molecule has 3 rings (SSSR count). The van der Waals surface area contributed by atoms with Crippen molar-refractivity contribution < 1.29 is 33.6 Å². The third kappa shape index (κ3) is 6.31. The van der Waals surface area contributed by atoms with Crippen LogP contribution in [0.15, 0.2) is 60.3 Å². The van der Waals surface area contributed by atoms with Gasteiger partial charge in [0, 0.05) is 19.3 Å². The number of esters is 1. The number of carboxylic acid groups (broad SMARTS) is 1. The van der Waals surface area contributed by atoms with Gasteiger partial charge in [-0.15, -0.1) is 0 Å². The molecule has 1 unspecified atom stereocenters. The molecule has 33 heavy (non-hydrogen) atoms. The number of rotatable bonds is 10. The number of hydrogen-bond acceptors (Lipinski definition) is 6. The number of hydrogen-bond donors (Lipinski definition) is 1. The number of ether oxygens (including phenoxy) is 4. The monoisotopic (exact) mass is 458 g/mol. The summed E-state index contributed by atoms with van der Waals surface area (Å²) in [5, 5.41) is 8.51. The molecule has 2 heterocycles. The fourth-order valence-corrected chi connectivity index (χ4v) is 4.79. The molecule has 2 aliphatic heterocycles. The van der Waals surface area contributed by atoms with Gasteiger partial charge in [0.25, 0.3) is 0 Å². The van der Waals surface area contributed by atoms with Crippen molar-refractivity contribution in [2.75, 3.05) is 13.7 Å². The minimum atomic E-state index is -1.00. The van der Waals surface area contributed by atoms with Gasteiger partial charge >= 0.3 is 11.9 Å². The molecule has 6 atom stereocenters. The Kier molecular flexibility index (Phi) is 8.10. The van der Waals surface area contributed by atoms with E-state index in [4.69, 9.17) is 24.1 Å². The molecule has 0 aromatic heterocycles. The quantitative estimate of drug-likeness (QED) is 0.174. The van der Waals surface area contributed by atoms with Gasteiger partial charge in [-0.05, 0) is 40.0 Å². The van der Waals surface area contributed by atoms with Gasteiger partial charge in [0.05, 0.1) is 18.6 Å². The highest BCUT2D eigenvalue weighted by Crippen LogP contribution is 2.59. The molecule has 3 fully saturated rings. The SMILES string of the molecule is CO[C@H]1[C@H](C2(C)O[C@@H]2CC=C(C)C)[C@]2(CC[C@H]1OC(=O)/C=C/C=C/C=C/C=C/C(=O)O)CO2. The minimum absolute atomic E-state index is 0.00928. The lowest BCUT2D eigenvalue weighted by molar-refractivity contribution is -0.166. The first kappa shape index (κ1) is 25.1. The second-order valence-corrected chi connectivity index (χ2v) is 9.18. The van der Waals surface area contributed by atoms with Gasteiger partial charge in [-0.1, -0.05) is 48.1 Å². The van der Waals surface area contributed by atoms with Gasteiger partial charge in [-0.3, -0.25) is 0 Å². The Balaban J connectivity index is 1.59. The highest BCUT2D eigenvalue weighted by atomic mass is 16.6. The lowest BCUT2D eigenvalue weighted by Gasteiger charge is -2.42. The number of carbonyl (C=O) groups excluding carboxylic acids is 1. The van der Waals surface area contributed by atoms with E-state index in [0.29, 0.717) is 13.0 Å². The van der Waals surface area contributed by atoms with Crippen LogP contribution in [0, 0.1) is 5.92 Å². The maximum atomic E-state index is 12.4. The molecule has 0 amide bonds. The van der Waals surface area contributed by atoms with Gasteiger partial charge in [-0.25, -0.2) is 9.59 Å². The van der Waals surface area contributed by atoms with Gasteiger partial charge in [0.2, 0.25) is 0 Å². The molecule has 1 N–H and O–H groups in total. The summed E-state index contributed by atoms with van der Waals surface area (Å²) in [6, 6.07) is 0. The van der Waals surface area contributed by atoms with E-state index in [1.54, 1.807) is 37.5 Å². The first-order valence-electron chi connectivity index (χ1n) is 11.3. The zero-order valence-electron chi connectivity index (χ0n) is 19.7. The highest BCUT2D eigenvalue weighted by Gasteiger charge is 2.72. The Bertz CT molecular complexity index is 873. The van der Waals surface area contributed by atoms with E-state index >= 15 is 0 Å². The number of carboxylic acids is 1. The Morgan fingerprint density at radius 3 is 2.30 bits per heavy atom. The van der Waals surface area contributed by atoms with E-state index in [9.17, 15) is 9.59 Å². The maximum Gasteiger partial charge on any atom is 0.331 e. The summed E-state index contributed by atoms with van der Waals surface area (Å²) in [7, 11) is 1.65. The molecule has 7 nitrogen and oxygen atoms in total. The van der Waals surface area contributed by atoms with Crippen LogP contribution < -0.4 is 0 Å². The second-order valence-electron chi connectivity index (χ2n) is 9.18. The molecule has 0 radical (unpaired) electrons. The van der Waals surface area contributed by atoms with Crippen LogP contribution >= 0.6 is 0 Å². The van der Waals surface area contributed by atoms with Crippen LogP contribution in [0.4, 0.5) is 0 Å². The summed E-state index contributed by atoms with van der Waals surface area (Å²) >= 11 is 0. The molecular weight excluding hydrogens is 424 g/mol. The van der Waals surface area contributed by atoms with Crippen molar-refractivity contribution >= 4 is 11.9 Å². The van der Waals surface area contributed by atoms with Crippen LogP contribution in [0.1, 0.15) is 40.0 Å². The van der Waals surface area contributed by atoms with Crippen LogP contribution in [0.25, 0.3) is 0 Å². The average molecular weight is 459 g/mol. The number of epoxide rings is 2. The molecule has 1 saturated carbocycles. The van der Waals surface area contributed by atoms with Crippen LogP contribution in [0.2, 0.25) is 0 Å². The fourth-order valence-electron chi connectivity index (χ4n) is 4.79. The summed E-state index contributed by atoms with van der Waals surface area (Å²) in [6.45, 7) is 6.96. The third-order valence-electron chi connectivity index (χ3n) is 6.53. The van der Waals surface area contributed by atoms with E-state index in [-0.39, 0.29) is 35.4 Å². The third-order valence-corrected chi connectivity index (χ3v) is 6.53. The highest BCUT2D eigenvalue weighted by molar-refractivity contribution is 5.82. The minimum Gasteiger partial charge on any atom is -0.478 e. The van der Waals surface area contributed by atoms with Crippen molar-refractivity contribution in [2.24, 2.45) is 5.92 Å². The Morgan fingerprint density at radius 1 is 1.09 bits per heavy atom. The standard InChI is InChI=1S/C26H34O7/c1-18(2)13-14-20-25(3,33-20)24-23(30-4)19(15-16-26(24)17-31-26)32-22(29)12-10-8-6-5-7-9-11-21(27)28/h5-13,19-20,23-24H,14-17H2,1-4H3,(H,27,28)/b7-5+,8-6+,11-9+,12-10+/t19-,20-,23-,24-,25?,26+/m1/s1. The molecule has 180 valence electrons. The van der Waals surface area contributed by atoms with Crippen LogP contribution in [0.3, 0.4) is 0 Å². The van der Waals surface area contributed by atoms with Crippen molar-refractivity contribution in [2.45, 2.75) is 69.5 Å². The molecule has 0 bridgehead atoms. The molecule has 1 spiro atoms. The fraction of sp³-hybridized carbons (Fsp3) is 0.538. The number of allylic oxidation sites excluding steroid dienone is 7. The summed E-state index contributed by atoms with van der Waals surface area (Å²) in [4.78, 5) is 22.8. The Morgan fingerprint density at radius 2 is 1.73 bits per heavy atom. The Hall–Kier alpha value is -2.48. The van der Waals surface area contributed by atoms with Gasteiger partial charge < -0.3 is 24.1 Å². The Labute approximate surface area is 195 Å². The summed E-state index contributed by atoms with van der Waals surface area (Å²) in [5.74, 6) is -1.45. The zero-order valence-corrected chi connectivity index (χ0v) is 19.7. The topological polar surface area (TPSA) is 97.9 Å². The molecule has 7 heteroatoms. The largest absolute Gasteiger partial charge is 0.478 e. The van der Waals surface area contributed by atoms with Crippen LogP contribution in [-0.4, -0.2) is 60.3 Å². The first-order chi connectivity index (χ1) is 15.7. The summed E-state index contributed by atoms with van der Waals surface area (Å²) < 4.78 is 23.8. The van der Waals surface area contributed by atoms with E-state index in [1.165, 1.54) is 17.7 Å². The first-order valence-corrected chi connectivity index (χ1v) is 11.3. The zero-order chi connectivity index (χ0) is 24.1. The van der Waals surface area contributed by atoms with Crippen molar-refractivity contribution in [3.8, 4) is 0 Å². The van der Waals surface area contributed by atoms with E-state index in [0.717, 1.165) is 18.9 Å². The lowest BCUT2D eigenvalue weighted by Crippen LogP contribution is -2.55. The van der Waals surface area contributed by atoms with E-state index in [2.05, 4.69) is 26.8 Å². The molecule has 1 aliphatic carbocycles. The number of methoxy groups -OCH3 is 1. The van der Waals surface area contributed by atoms with Crippen molar-refractivity contribution in [1.29, 1.82) is 0 Å². The van der Waals surface area contributed by atoms with Crippen molar-refractivity contribution in [3.05, 3.63) is 60.3 Å². The summed E-state index contributed by atoms with van der Waals surface area (Å²) in [6.07, 6.45) is 16.0. The molecule has 0 aromatic rings. The van der Waals surface area contributed by atoms with Crippen LogP contribution in [-0.2, 0) is 28.5 Å². The molecule has 3 aliphatic rings. The lowest BCUT2D eigenvalue weighted by atomic mass is 9.68. The molecule has 2 saturated heterocycles.